The monoisotopic (exact) mass is 514 g/mol. The van der Waals surface area contributed by atoms with Crippen LogP contribution in [0.5, 0.6) is 0 Å². The zero-order valence-corrected chi connectivity index (χ0v) is 21.2. The van der Waals surface area contributed by atoms with Gasteiger partial charge in [-0.25, -0.2) is 13.8 Å². The van der Waals surface area contributed by atoms with Crippen molar-refractivity contribution in [2.24, 2.45) is 0 Å². The molecule has 38 heavy (non-hydrogen) atoms. The summed E-state index contributed by atoms with van der Waals surface area (Å²) in [7, 11) is 1.96. The van der Waals surface area contributed by atoms with Crippen molar-refractivity contribution >= 4 is 33.4 Å². The zero-order valence-electron chi connectivity index (χ0n) is 21.2. The number of nitrogens with zero attached hydrogens (tertiary/aromatic N) is 5. The fraction of sp³-hybridized carbons (Fsp3) is 0.345. The van der Waals surface area contributed by atoms with Crippen LogP contribution in [-0.4, -0.2) is 67.4 Å². The maximum atomic E-state index is 16.4. The van der Waals surface area contributed by atoms with Crippen molar-refractivity contribution in [1.29, 1.82) is 0 Å². The molecule has 2 aromatic carbocycles. The fourth-order valence-electron chi connectivity index (χ4n) is 5.44. The molecule has 0 aliphatic carbocycles. The Morgan fingerprint density at radius 2 is 2.03 bits per heavy atom. The van der Waals surface area contributed by atoms with E-state index in [1.165, 1.54) is 6.07 Å². The van der Waals surface area contributed by atoms with Gasteiger partial charge in [0.25, 0.3) is 0 Å². The Morgan fingerprint density at radius 1 is 1.18 bits per heavy atom. The zero-order chi connectivity index (χ0) is 26.2. The van der Waals surface area contributed by atoms with Gasteiger partial charge < -0.3 is 19.9 Å². The maximum Gasteiger partial charge on any atom is 0.228 e. The number of pyridine rings is 1. The molecule has 0 unspecified atom stereocenters. The molecular weight excluding hydrogens is 486 g/mol. The van der Waals surface area contributed by atoms with Gasteiger partial charge in [0.1, 0.15) is 22.8 Å². The summed E-state index contributed by atoms with van der Waals surface area (Å²) in [5.41, 5.74) is 0.748. The van der Waals surface area contributed by atoms with Crippen LogP contribution >= 0.6 is 0 Å². The van der Waals surface area contributed by atoms with E-state index in [1.54, 1.807) is 24.4 Å². The highest BCUT2D eigenvalue weighted by atomic mass is 19.1. The molecule has 1 atom stereocenters. The summed E-state index contributed by atoms with van der Waals surface area (Å²) < 4.78 is 36.6. The molecule has 0 spiro atoms. The molecule has 0 bridgehead atoms. The third kappa shape index (κ3) is 4.30. The van der Waals surface area contributed by atoms with Gasteiger partial charge in [-0.2, -0.15) is 4.98 Å². The molecule has 9 heteroatoms. The second-order valence-corrected chi connectivity index (χ2v) is 9.77. The van der Waals surface area contributed by atoms with Crippen molar-refractivity contribution in [3.8, 4) is 23.6 Å². The van der Waals surface area contributed by atoms with Crippen molar-refractivity contribution in [1.82, 2.24) is 20.3 Å². The summed E-state index contributed by atoms with van der Waals surface area (Å²) in [6.07, 6.45) is 9.48. The van der Waals surface area contributed by atoms with Crippen LogP contribution in [0.1, 0.15) is 18.4 Å². The number of terminal acetylenes is 1. The largest absolute Gasteiger partial charge is 0.378 e. The van der Waals surface area contributed by atoms with E-state index < -0.39 is 11.6 Å². The number of benzene rings is 2. The summed E-state index contributed by atoms with van der Waals surface area (Å²) in [5.74, 6) is 2.38. The molecule has 0 radical (unpaired) electrons. The van der Waals surface area contributed by atoms with Crippen LogP contribution in [0, 0.1) is 24.0 Å². The van der Waals surface area contributed by atoms with Crippen molar-refractivity contribution in [2.45, 2.75) is 18.9 Å². The van der Waals surface area contributed by atoms with Gasteiger partial charge in [-0.05, 0) is 30.8 Å². The summed E-state index contributed by atoms with van der Waals surface area (Å²) in [4.78, 5) is 18.1. The molecule has 0 amide bonds. The predicted octanol–water partition coefficient (Wildman–Crippen LogP) is 4.13. The third-order valence-electron chi connectivity index (χ3n) is 7.36. The van der Waals surface area contributed by atoms with Gasteiger partial charge in [0, 0.05) is 49.9 Å². The highest BCUT2D eigenvalue weighted by Gasteiger charge is 2.25. The van der Waals surface area contributed by atoms with Crippen molar-refractivity contribution < 1.29 is 13.5 Å². The Balaban J connectivity index is 1.55. The molecule has 2 aliphatic rings. The number of anilines is 2. The van der Waals surface area contributed by atoms with Gasteiger partial charge in [-0.15, -0.1) is 6.42 Å². The summed E-state index contributed by atoms with van der Waals surface area (Å²) in [6, 6.07) is 8.62. The SMILES string of the molecule is C#Cc1c(F)ccc2cccc(-c3ncc4c(N(C)C[C@H]5CCCN5)nc(N5CCOCC5)nc4c3F)c12. The number of hydrogen-bond acceptors (Lipinski definition) is 7. The normalized spacial score (nSPS) is 17.7. The highest BCUT2D eigenvalue weighted by Crippen LogP contribution is 2.36. The number of likely N-dealkylation sites (N-methyl/N-ethyl adjacent to an activating group) is 1. The summed E-state index contributed by atoms with van der Waals surface area (Å²) in [5, 5.41) is 5.19. The maximum absolute atomic E-state index is 16.4. The van der Waals surface area contributed by atoms with Gasteiger partial charge in [-0.1, -0.05) is 30.2 Å². The lowest BCUT2D eigenvalue weighted by molar-refractivity contribution is 0.122. The molecule has 1 N–H and O–H groups in total. The molecule has 4 aromatic rings. The van der Waals surface area contributed by atoms with Crippen LogP contribution in [0.3, 0.4) is 0 Å². The van der Waals surface area contributed by atoms with Gasteiger partial charge in [-0.3, -0.25) is 4.98 Å². The van der Waals surface area contributed by atoms with Crippen LogP contribution in [-0.2, 0) is 4.74 Å². The van der Waals surface area contributed by atoms with E-state index in [2.05, 4.69) is 21.2 Å². The van der Waals surface area contributed by atoms with Gasteiger partial charge >= 0.3 is 0 Å². The number of hydrogen-bond donors (Lipinski definition) is 1. The van der Waals surface area contributed by atoms with E-state index in [0.717, 1.165) is 25.9 Å². The molecule has 2 aromatic heterocycles. The molecule has 0 saturated carbocycles. The van der Waals surface area contributed by atoms with Crippen LogP contribution in [0.25, 0.3) is 32.9 Å². The van der Waals surface area contributed by atoms with Crippen molar-refractivity contribution in [2.75, 3.05) is 56.2 Å². The fourth-order valence-corrected chi connectivity index (χ4v) is 5.44. The van der Waals surface area contributed by atoms with E-state index in [0.29, 0.717) is 65.8 Å². The average Bonchev–Trinajstić information content (AvgIpc) is 3.46. The Hall–Kier alpha value is -3.87. The first-order valence-corrected chi connectivity index (χ1v) is 12.9. The number of nitrogens with one attached hydrogen (secondary N) is 1. The molecule has 194 valence electrons. The lowest BCUT2D eigenvalue weighted by Crippen LogP contribution is -2.38. The molecule has 2 fully saturated rings. The topological polar surface area (TPSA) is 66.4 Å². The second-order valence-electron chi connectivity index (χ2n) is 9.77. The van der Waals surface area contributed by atoms with Crippen molar-refractivity contribution in [3.63, 3.8) is 0 Å². The van der Waals surface area contributed by atoms with E-state index in [-0.39, 0.29) is 16.8 Å². The number of rotatable bonds is 5. The van der Waals surface area contributed by atoms with E-state index in [1.807, 2.05) is 22.9 Å². The quantitative estimate of drug-likeness (QED) is 0.402. The number of morpholine rings is 1. The minimum Gasteiger partial charge on any atom is -0.378 e. The number of fused-ring (bicyclic) bond motifs is 2. The molecule has 2 aliphatic heterocycles. The number of ether oxygens (including phenoxy) is 1. The molecule has 4 heterocycles. The number of aromatic nitrogens is 3. The lowest BCUT2D eigenvalue weighted by atomic mass is 9.96. The van der Waals surface area contributed by atoms with Crippen LogP contribution in [0.15, 0.2) is 36.5 Å². The molecule has 2 saturated heterocycles. The van der Waals surface area contributed by atoms with Gasteiger partial charge in [0.15, 0.2) is 5.82 Å². The van der Waals surface area contributed by atoms with E-state index in [9.17, 15) is 4.39 Å². The summed E-state index contributed by atoms with van der Waals surface area (Å²) >= 11 is 0. The van der Waals surface area contributed by atoms with E-state index in [4.69, 9.17) is 16.1 Å². The first-order chi connectivity index (χ1) is 18.5. The second kappa shape index (κ2) is 10.1. The molecular formula is C29H28F2N6O. The Bertz CT molecular complexity index is 1560. The first-order valence-electron chi connectivity index (χ1n) is 12.9. The molecule has 6 rings (SSSR count). The Labute approximate surface area is 219 Å². The third-order valence-corrected chi connectivity index (χ3v) is 7.36. The Morgan fingerprint density at radius 3 is 2.79 bits per heavy atom. The highest BCUT2D eigenvalue weighted by molar-refractivity contribution is 6.02. The first kappa shape index (κ1) is 24.5. The minimum atomic E-state index is -0.590. The summed E-state index contributed by atoms with van der Waals surface area (Å²) in [6.45, 7) is 4.07. The van der Waals surface area contributed by atoms with Crippen molar-refractivity contribution in [3.05, 3.63) is 53.7 Å². The van der Waals surface area contributed by atoms with Gasteiger partial charge in [0.2, 0.25) is 5.95 Å². The van der Waals surface area contributed by atoms with Crippen LogP contribution in [0.2, 0.25) is 0 Å². The van der Waals surface area contributed by atoms with Crippen LogP contribution < -0.4 is 15.1 Å². The Kier molecular flexibility index (Phi) is 6.52. The lowest BCUT2D eigenvalue weighted by Gasteiger charge is -2.29. The minimum absolute atomic E-state index is 0.0721. The number of halogens is 2. The standard InChI is InChI=1S/C29H28F2N6O/c1-3-20-23(30)10-9-18-6-4-8-21(24(18)20)26-25(31)27-22(16-33-26)28(36(2)17-19-7-5-11-32-19)35-29(34-27)37-12-14-38-15-13-37/h1,4,6,8-10,16,19,32H,5,7,11-15,17H2,2H3/t19-/m1/s1. The van der Waals surface area contributed by atoms with Gasteiger partial charge in [0.05, 0.1) is 24.2 Å². The average molecular weight is 515 g/mol. The predicted molar refractivity (Wildman–Crippen MR) is 145 cm³/mol. The molecule has 7 nitrogen and oxygen atoms in total. The van der Waals surface area contributed by atoms with E-state index >= 15 is 4.39 Å². The van der Waals surface area contributed by atoms with Crippen LogP contribution in [0.4, 0.5) is 20.5 Å². The smallest absolute Gasteiger partial charge is 0.228 e.